The van der Waals surface area contributed by atoms with E-state index in [9.17, 15) is 9.59 Å². The van der Waals surface area contributed by atoms with Gasteiger partial charge in [-0.2, -0.15) is 0 Å². The van der Waals surface area contributed by atoms with Gasteiger partial charge in [0, 0.05) is 5.88 Å². The minimum absolute atomic E-state index is 0.00525. The van der Waals surface area contributed by atoms with Crippen molar-refractivity contribution in [2.45, 2.75) is 6.92 Å². The summed E-state index contributed by atoms with van der Waals surface area (Å²) in [7, 11) is 1.23. The van der Waals surface area contributed by atoms with E-state index in [4.69, 9.17) is 16.3 Å². The summed E-state index contributed by atoms with van der Waals surface area (Å²) in [4.78, 5) is 28.1. The highest BCUT2D eigenvalue weighted by molar-refractivity contribution is 6.17. The zero-order valence-electron chi connectivity index (χ0n) is 12.8. The Morgan fingerprint density at radius 3 is 2.87 bits per heavy atom. The van der Waals surface area contributed by atoms with E-state index in [-0.39, 0.29) is 12.7 Å². The lowest BCUT2D eigenvalue weighted by molar-refractivity contribution is 0.134. The molecule has 2 amide bonds. The molecule has 1 heterocycles. The molecule has 0 saturated heterocycles. The van der Waals surface area contributed by atoms with Crippen LogP contribution >= 0.6 is 11.6 Å². The number of aryl methyl sites for hydroxylation is 1. The van der Waals surface area contributed by atoms with Crippen LogP contribution in [-0.2, 0) is 9.47 Å². The van der Waals surface area contributed by atoms with Gasteiger partial charge in [-0.1, -0.05) is 12.1 Å². The van der Waals surface area contributed by atoms with Crippen LogP contribution in [-0.4, -0.2) is 48.0 Å². The highest BCUT2D eigenvalue weighted by atomic mass is 35.5. The zero-order chi connectivity index (χ0) is 16.8. The second-order valence-corrected chi connectivity index (χ2v) is 4.93. The number of hydrogen-bond acceptors (Lipinski definition) is 5. The Morgan fingerprint density at radius 1 is 1.39 bits per heavy atom. The number of benzene rings is 1. The third kappa shape index (κ3) is 3.91. The van der Waals surface area contributed by atoms with E-state index < -0.39 is 12.1 Å². The van der Waals surface area contributed by atoms with Crippen molar-refractivity contribution in [3.05, 3.63) is 23.8 Å². The van der Waals surface area contributed by atoms with Crippen LogP contribution in [0.3, 0.4) is 0 Å². The molecule has 0 aliphatic heterocycles. The average Bonchev–Trinajstić information content (AvgIpc) is 2.90. The van der Waals surface area contributed by atoms with Gasteiger partial charge in [-0.3, -0.25) is 5.32 Å². The van der Waals surface area contributed by atoms with Crippen LogP contribution < -0.4 is 10.6 Å². The number of amides is 2. The van der Waals surface area contributed by atoms with Crippen molar-refractivity contribution in [3.63, 3.8) is 0 Å². The fraction of sp³-hybridized carbons (Fsp3) is 0.357. The summed E-state index contributed by atoms with van der Waals surface area (Å²) in [5.74, 6) is 0.397. The number of nitrogens with zero attached hydrogens (tertiary/aromatic N) is 2. The number of carbonyl (C=O) groups excluding carboxylic acids is 2. The molecule has 0 spiro atoms. The second kappa shape index (κ2) is 7.80. The van der Waals surface area contributed by atoms with E-state index in [1.54, 1.807) is 12.1 Å². The number of hydrogen-bond donors (Lipinski definition) is 2. The predicted octanol–water partition coefficient (Wildman–Crippen LogP) is 2.29. The number of anilines is 1. The van der Waals surface area contributed by atoms with Crippen molar-refractivity contribution in [3.8, 4) is 0 Å². The van der Waals surface area contributed by atoms with E-state index in [1.807, 2.05) is 13.0 Å². The summed E-state index contributed by atoms with van der Waals surface area (Å²) in [6, 6.07) is 4.91. The zero-order valence-corrected chi connectivity index (χ0v) is 13.5. The summed E-state index contributed by atoms with van der Waals surface area (Å²) in [5, 5.41) is 5.00. The Morgan fingerprint density at radius 2 is 2.17 bits per heavy atom. The van der Waals surface area contributed by atoms with Gasteiger partial charge in [0.2, 0.25) is 5.95 Å². The van der Waals surface area contributed by atoms with E-state index in [0.29, 0.717) is 23.5 Å². The summed E-state index contributed by atoms with van der Waals surface area (Å²) in [6.07, 6.45) is -0.717. The van der Waals surface area contributed by atoms with Crippen molar-refractivity contribution >= 4 is 40.7 Å². The number of methoxy groups -OCH3 is 1. The minimum atomic E-state index is -0.717. The van der Waals surface area contributed by atoms with Gasteiger partial charge in [0.05, 0.1) is 24.8 Å². The molecule has 1 aromatic carbocycles. The van der Waals surface area contributed by atoms with Gasteiger partial charge in [-0.05, 0) is 18.6 Å². The smallest absolute Gasteiger partial charge is 0.413 e. The Balaban J connectivity index is 2.34. The first-order valence-corrected chi connectivity index (χ1v) is 7.37. The maximum Gasteiger partial charge on any atom is 0.413 e. The molecule has 2 aromatic rings. The number of fused-ring (bicyclic) bond motifs is 1. The molecular weight excluding hydrogens is 324 g/mol. The number of rotatable bonds is 5. The molecular formula is C14H17ClN4O4. The Kier molecular flexibility index (Phi) is 5.78. The molecule has 0 atom stereocenters. The normalized spacial score (nSPS) is 10.6. The molecule has 0 saturated carbocycles. The molecule has 8 nitrogen and oxygen atoms in total. The highest BCUT2D eigenvalue weighted by Crippen LogP contribution is 2.22. The van der Waals surface area contributed by atoms with Crippen LogP contribution in [0.4, 0.5) is 15.5 Å². The van der Waals surface area contributed by atoms with Crippen LogP contribution in [0, 0.1) is 6.92 Å². The molecule has 124 valence electrons. The Labute approximate surface area is 137 Å². The summed E-state index contributed by atoms with van der Waals surface area (Å²) in [6.45, 7) is 2.18. The van der Waals surface area contributed by atoms with E-state index >= 15 is 0 Å². The molecule has 0 fully saturated rings. The fourth-order valence-electron chi connectivity index (χ4n) is 1.99. The largest absolute Gasteiger partial charge is 0.453 e. The monoisotopic (exact) mass is 340 g/mol. The van der Waals surface area contributed by atoms with Crippen molar-refractivity contribution in [2.75, 3.05) is 31.6 Å². The van der Waals surface area contributed by atoms with Gasteiger partial charge in [0.15, 0.2) is 0 Å². The molecule has 1 aromatic heterocycles. The minimum Gasteiger partial charge on any atom is -0.453 e. The predicted molar refractivity (Wildman–Crippen MR) is 86.0 cm³/mol. The Hall–Kier alpha value is -2.32. The molecule has 0 aliphatic rings. The lowest BCUT2D eigenvalue weighted by Crippen LogP contribution is -2.32. The van der Waals surface area contributed by atoms with Crippen LogP contribution in [0.5, 0.6) is 0 Å². The number of imidazole rings is 1. The maximum atomic E-state index is 12.4. The standard InChI is InChI=1S/C14H17ClN4O4/c1-9-4-3-5-10-11(9)17-12(18-14(21)22-2)19(10)13(20)16-8-23-7-6-15/h3-5H,6-8H2,1-2H3,(H,16,20)(H,17,18,21). The molecule has 2 N–H and O–H groups in total. The third-order valence-corrected chi connectivity index (χ3v) is 3.19. The van der Waals surface area contributed by atoms with Gasteiger partial charge >= 0.3 is 12.1 Å². The number of para-hydroxylation sites is 1. The third-order valence-electron chi connectivity index (χ3n) is 3.04. The second-order valence-electron chi connectivity index (χ2n) is 4.55. The van der Waals surface area contributed by atoms with Gasteiger partial charge in [0.1, 0.15) is 6.73 Å². The molecule has 0 unspecified atom stereocenters. The summed E-state index contributed by atoms with van der Waals surface area (Å²) >= 11 is 5.50. The number of carbonyl (C=O) groups is 2. The summed E-state index contributed by atoms with van der Waals surface area (Å²) < 4.78 is 10.9. The van der Waals surface area contributed by atoms with Crippen molar-refractivity contribution in [2.24, 2.45) is 0 Å². The van der Waals surface area contributed by atoms with Crippen molar-refractivity contribution in [1.29, 1.82) is 0 Å². The van der Waals surface area contributed by atoms with Crippen LogP contribution in [0.1, 0.15) is 5.56 Å². The van der Waals surface area contributed by atoms with Crippen LogP contribution in [0.15, 0.2) is 18.2 Å². The van der Waals surface area contributed by atoms with E-state index in [2.05, 4.69) is 20.4 Å². The molecule has 23 heavy (non-hydrogen) atoms. The number of ether oxygens (including phenoxy) is 2. The molecule has 0 radical (unpaired) electrons. The van der Waals surface area contributed by atoms with Gasteiger partial charge in [-0.25, -0.2) is 19.1 Å². The molecule has 0 bridgehead atoms. The summed E-state index contributed by atoms with van der Waals surface area (Å²) in [5.41, 5.74) is 2.04. The van der Waals surface area contributed by atoms with Crippen LogP contribution in [0.25, 0.3) is 11.0 Å². The van der Waals surface area contributed by atoms with E-state index in [1.165, 1.54) is 11.7 Å². The highest BCUT2D eigenvalue weighted by Gasteiger charge is 2.19. The fourth-order valence-corrected chi connectivity index (χ4v) is 2.10. The molecule has 0 aliphatic carbocycles. The van der Waals surface area contributed by atoms with Crippen molar-refractivity contribution < 1.29 is 19.1 Å². The van der Waals surface area contributed by atoms with Crippen LogP contribution in [0.2, 0.25) is 0 Å². The molecule has 9 heteroatoms. The van der Waals surface area contributed by atoms with Crippen molar-refractivity contribution in [1.82, 2.24) is 14.9 Å². The first-order chi connectivity index (χ1) is 11.1. The van der Waals surface area contributed by atoms with E-state index in [0.717, 1.165) is 5.56 Å². The first-order valence-electron chi connectivity index (χ1n) is 6.83. The SMILES string of the molecule is COC(=O)Nc1nc2c(C)cccc2n1C(=O)NCOCCCl. The first kappa shape index (κ1) is 17.0. The van der Waals surface area contributed by atoms with Gasteiger partial charge in [0.25, 0.3) is 0 Å². The number of aromatic nitrogens is 2. The molecule has 2 rings (SSSR count). The average molecular weight is 341 g/mol. The number of alkyl halides is 1. The topological polar surface area (TPSA) is 94.5 Å². The number of nitrogens with one attached hydrogen (secondary N) is 2. The van der Waals surface area contributed by atoms with Gasteiger partial charge < -0.3 is 14.8 Å². The quantitative estimate of drug-likeness (QED) is 0.494. The number of halogens is 1. The van der Waals surface area contributed by atoms with Gasteiger partial charge in [-0.15, -0.1) is 11.6 Å². The maximum absolute atomic E-state index is 12.4. The Bertz CT molecular complexity index is 716. The lowest BCUT2D eigenvalue weighted by atomic mass is 10.2. The lowest BCUT2D eigenvalue weighted by Gasteiger charge is -2.10.